The number of carbonyl (C=O) groups excluding carboxylic acids is 1. The van der Waals surface area contributed by atoms with Gasteiger partial charge in [-0.3, -0.25) is 4.79 Å². The molecule has 124 valence electrons. The number of rotatable bonds is 3. The van der Waals surface area contributed by atoms with E-state index in [4.69, 9.17) is 9.15 Å². The second-order valence-electron chi connectivity index (χ2n) is 6.13. The smallest absolute Gasteiger partial charge is 0.159 e. The van der Waals surface area contributed by atoms with E-state index in [-0.39, 0.29) is 5.78 Å². The molecule has 0 amide bonds. The van der Waals surface area contributed by atoms with Gasteiger partial charge in [0.1, 0.15) is 11.5 Å². The molecule has 0 radical (unpaired) electrons. The van der Waals surface area contributed by atoms with Gasteiger partial charge in [-0.05, 0) is 42.2 Å². The average molecular weight is 330 g/mol. The molecule has 0 unspecified atom stereocenters. The minimum absolute atomic E-state index is 0.107. The summed E-state index contributed by atoms with van der Waals surface area (Å²) >= 11 is 0. The van der Waals surface area contributed by atoms with Gasteiger partial charge in [0.25, 0.3) is 0 Å². The van der Waals surface area contributed by atoms with E-state index in [1.165, 1.54) is 5.56 Å². The summed E-state index contributed by atoms with van der Waals surface area (Å²) in [7, 11) is 0. The minimum Gasteiger partial charge on any atom is -0.472 e. The van der Waals surface area contributed by atoms with Crippen LogP contribution in [0.2, 0.25) is 0 Å². The van der Waals surface area contributed by atoms with E-state index in [9.17, 15) is 4.79 Å². The van der Waals surface area contributed by atoms with Gasteiger partial charge in [0.05, 0.1) is 12.5 Å². The van der Waals surface area contributed by atoms with Crippen LogP contribution in [0, 0.1) is 0 Å². The lowest BCUT2D eigenvalue weighted by molar-refractivity contribution is -0.114. The summed E-state index contributed by atoms with van der Waals surface area (Å²) in [6, 6.07) is 17.8. The van der Waals surface area contributed by atoms with Gasteiger partial charge in [-0.25, -0.2) is 0 Å². The molecule has 3 aromatic rings. The standard InChI is InChI=1S/C22H18O3/c23-19-8-3-6-16-5-1-2-10-21(16)22(14-19)25-20-9-4-7-17(13-20)18-11-12-24-15-18/h1-2,4-5,7,9-15H,3,6,8H2. The molecule has 1 heterocycles. The number of furan rings is 1. The predicted octanol–water partition coefficient (Wildman–Crippen LogP) is 5.27. The van der Waals surface area contributed by atoms with Crippen molar-refractivity contribution in [3.05, 3.63) is 84.3 Å². The maximum Gasteiger partial charge on any atom is 0.159 e. The third-order valence-electron chi connectivity index (χ3n) is 4.36. The van der Waals surface area contributed by atoms with Gasteiger partial charge in [-0.1, -0.05) is 36.4 Å². The summed E-state index contributed by atoms with van der Waals surface area (Å²) in [5.41, 5.74) is 4.21. The number of carbonyl (C=O) groups is 1. The molecular formula is C22H18O3. The molecule has 0 bridgehead atoms. The quantitative estimate of drug-likeness (QED) is 0.656. The van der Waals surface area contributed by atoms with Crippen LogP contribution in [-0.4, -0.2) is 5.78 Å². The molecule has 25 heavy (non-hydrogen) atoms. The normalized spacial score (nSPS) is 14.2. The van der Waals surface area contributed by atoms with E-state index in [2.05, 4.69) is 6.07 Å². The zero-order valence-electron chi connectivity index (χ0n) is 13.8. The lowest BCUT2D eigenvalue weighted by Gasteiger charge is -2.17. The topological polar surface area (TPSA) is 39.4 Å². The lowest BCUT2D eigenvalue weighted by atomic mass is 9.96. The molecule has 2 aromatic carbocycles. The first kappa shape index (κ1) is 15.5. The Bertz CT molecular complexity index is 920. The van der Waals surface area contributed by atoms with E-state index in [1.54, 1.807) is 18.6 Å². The zero-order chi connectivity index (χ0) is 17.1. The van der Waals surface area contributed by atoms with Crippen LogP contribution < -0.4 is 4.74 Å². The number of hydrogen-bond acceptors (Lipinski definition) is 3. The summed E-state index contributed by atoms with van der Waals surface area (Å²) in [5.74, 6) is 1.42. The first-order chi connectivity index (χ1) is 12.3. The van der Waals surface area contributed by atoms with Gasteiger partial charge in [-0.2, -0.15) is 0 Å². The number of allylic oxidation sites excluding steroid dienone is 1. The second kappa shape index (κ2) is 6.81. The molecule has 0 saturated carbocycles. The van der Waals surface area contributed by atoms with Crippen molar-refractivity contribution in [3.63, 3.8) is 0 Å². The monoisotopic (exact) mass is 330 g/mol. The Morgan fingerprint density at radius 1 is 0.920 bits per heavy atom. The molecule has 4 rings (SSSR count). The van der Waals surface area contributed by atoms with Crippen LogP contribution in [0.1, 0.15) is 24.0 Å². The highest BCUT2D eigenvalue weighted by molar-refractivity contribution is 5.96. The van der Waals surface area contributed by atoms with Gasteiger partial charge in [0.15, 0.2) is 5.78 Å². The second-order valence-corrected chi connectivity index (χ2v) is 6.13. The number of aryl methyl sites for hydroxylation is 1. The number of fused-ring (bicyclic) bond motifs is 1. The fourth-order valence-corrected chi connectivity index (χ4v) is 3.11. The molecular weight excluding hydrogens is 312 g/mol. The highest BCUT2D eigenvalue weighted by atomic mass is 16.5. The van der Waals surface area contributed by atoms with Crippen LogP contribution in [0.3, 0.4) is 0 Å². The minimum atomic E-state index is 0.107. The van der Waals surface area contributed by atoms with Crippen LogP contribution in [0.5, 0.6) is 5.75 Å². The highest BCUT2D eigenvalue weighted by Crippen LogP contribution is 2.30. The summed E-state index contributed by atoms with van der Waals surface area (Å²) in [4.78, 5) is 12.1. The Balaban J connectivity index is 1.70. The van der Waals surface area contributed by atoms with E-state index < -0.39 is 0 Å². The lowest BCUT2D eigenvalue weighted by Crippen LogP contribution is -2.07. The fraction of sp³-hybridized carbons (Fsp3) is 0.136. The molecule has 1 aliphatic carbocycles. The third-order valence-corrected chi connectivity index (χ3v) is 4.36. The highest BCUT2D eigenvalue weighted by Gasteiger charge is 2.15. The van der Waals surface area contributed by atoms with Gasteiger partial charge >= 0.3 is 0 Å². The third kappa shape index (κ3) is 3.41. The molecule has 0 spiro atoms. The maximum absolute atomic E-state index is 12.1. The van der Waals surface area contributed by atoms with Crippen molar-refractivity contribution in [2.24, 2.45) is 0 Å². The Labute approximate surface area is 146 Å². The summed E-state index contributed by atoms with van der Waals surface area (Å²) in [6.07, 6.45) is 7.29. The van der Waals surface area contributed by atoms with Crippen molar-refractivity contribution >= 4 is 11.5 Å². The van der Waals surface area contributed by atoms with Crippen molar-refractivity contribution in [2.45, 2.75) is 19.3 Å². The molecule has 3 nitrogen and oxygen atoms in total. The van der Waals surface area contributed by atoms with Crippen LogP contribution >= 0.6 is 0 Å². The first-order valence-corrected chi connectivity index (χ1v) is 8.43. The largest absolute Gasteiger partial charge is 0.472 e. The average Bonchev–Trinajstić information content (AvgIpc) is 3.15. The van der Waals surface area contributed by atoms with E-state index in [0.29, 0.717) is 17.9 Å². The Morgan fingerprint density at radius 2 is 1.84 bits per heavy atom. The van der Waals surface area contributed by atoms with Crippen LogP contribution in [0.25, 0.3) is 16.9 Å². The summed E-state index contributed by atoms with van der Waals surface area (Å²) in [6.45, 7) is 0. The number of ether oxygens (including phenoxy) is 1. The predicted molar refractivity (Wildman–Crippen MR) is 97.1 cm³/mol. The summed E-state index contributed by atoms with van der Waals surface area (Å²) < 4.78 is 11.3. The molecule has 0 atom stereocenters. The van der Waals surface area contributed by atoms with E-state index >= 15 is 0 Å². The molecule has 3 heteroatoms. The molecule has 0 saturated heterocycles. The number of hydrogen-bond donors (Lipinski definition) is 0. The van der Waals surface area contributed by atoms with Gasteiger partial charge < -0.3 is 9.15 Å². The van der Waals surface area contributed by atoms with E-state index in [0.717, 1.165) is 29.5 Å². The zero-order valence-corrected chi connectivity index (χ0v) is 13.8. The molecule has 0 aliphatic heterocycles. The van der Waals surface area contributed by atoms with Crippen LogP contribution in [-0.2, 0) is 11.2 Å². The van der Waals surface area contributed by atoms with Crippen LogP contribution in [0.4, 0.5) is 0 Å². The SMILES string of the molecule is O=C1C=C(Oc2cccc(-c3ccoc3)c2)c2ccccc2CCC1. The van der Waals surface area contributed by atoms with Crippen molar-refractivity contribution in [1.82, 2.24) is 0 Å². The van der Waals surface area contributed by atoms with Crippen molar-refractivity contribution in [2.75, 3.05) is 0 Å². The maximum atomic E-state index is 12.1. The fourth-order valence-electron chi connectivity index (χ4n) is 3.11. The Hall–Kier alpha value is -3.07. The molecule has 1 aliphatic rings. The van der Waals surface area contributed by atoms with Gasteiger partial charge in [0.2, 0.25) is 0 Å². The van der Waals surface area contributed by atoms with Gasteiger partial charge in [0, 0.05) is 23.6 Å². The Morgan fingerprint density at radius 3 is 2.72 bits per heavy atom. The molecule has 0 N–H and O–H groups in total. The molecule has 1 aromatic heterocycles. The number of ketones is 1. The van der Waals surface area contributed by atoms with E-state index in [1.807, 2.05) is 48.5 Å². The Kier molecular flexibility index (Phi) is 4.21. The van der Waals surface area contributed by atoms with Gasteiger partial charge in [-0.15, -0.1) is 0 Å². The van der Waals surface area contributed by atoms with Crippen molar-refractivity contribution in [3.8, 4) is 16.9 Å². The first-order valence-electron chi connectivity index (χ1n) is 8.43. The van der Waals surface area contributed by atoms with Crippen molar-refractivity contribution in [1.29, 1.82) is 0 Å². The van der Waals surface area contributed by atoms with Crippen molar-refractivity contribution < 1.29 is 13.9 Å². The van der Waals surface area contributed by atoms with Crippen LogP contribution in [0.15, 0.2) is 77.6 Å². The number of benzene rings is 2. The summed E-state index contributed by atoms with van der Waals surface area (Å²) in [5, 5.41) is 0. The molecule has 0 fully saturated rings.